The van der Waals surface area contributed by atoms with Gasteiger partial charge >= 0.3 is 0 Å². The van der Waals surface area contributed by atoms with Crippen LogP contribution in [0.25, 0.3) is 0 Å². The van der Waals surface area contributed by atoms with E-state index in [1.807, 2.05) is 0 Å². The third kappa shape index (κ3) is 1.62. The number of rotatable bonds is 2. The third-order valence-corrected chi connectivity index (χ3v) is 5.32. The summed E-state index contributed by atoms with van der Waals surface area (Å²) < 4.78 is 0. The lowest BCUT2D eigenvalue weighted by Crippen LogP contribution is -2.60. The first-order valence-electron chi connectivity index (χ1n) is 6.90. The molecule has 0 aromatic rings. The Morgan fingerprint density at radius 2 is 1.94 bits per heavy atom. The van der Waals surface area contributed by atoms with Gasteiger partial charge in [0.1, 0.15) is 0 Å². The van der Waals surface area contributed by atoms with Gasteiger partial charge < -0.3 is 5.73 Å². The van der Waals surface area contributed by atoms with Crippen molar-refractivity contribution >= 4 is 0 Å². The second-order valence-corrected chi connectivity index (χ2v) is 6.82. The summed E-state index contributed by atoms with van der Waals surface area (Å²) >= 11 is 0. The molecule has 94 valence electrons. The molecule has 2 N–H and O–H groups in total. The Bertz CT molecular complexity index is 261. The summed E-state index contributed by atoms with van der Waals surface area (Å²) in [7, 11) is 0. The maximum absolute atomic E-state index is 6.19. The molecule has 0 aromatic carbocycles. The van der Waals surface area contributed by atoms with Gasteiger partial charge in [-0.05, 0) is 37.5 Å². The maximum atomic E-state index is 6.19. The zero-order valence-corrected chi connectivity index (χ0v) is 11.4. The molecule has 2 fully saturated rings. The van der Waals surface area contributed by atoms with Crippen molar-refractivity contribution in [2.75, 3.05) is 13.1 Å². The van der Waals surface area contributed by atoms with E-state index in [-0.39, 0.29) is 5.54 Å². The van der Waals surface area contributed by atoms with Gasteiger partial charge in [-0.2, -0.15) is 0 Å². The monoisotopic (exact) mass is 224 g/mol. The van der Waals surface area contributed by atoms with Gasteiger partial charge in [0.05, 0.1) is 0 Å². The second kappa shape index (κ2) is 3.99. The zero-order chi connectivity index (χ0) is 12.0. The van der Waals surface area contributed by atoms with Gasteiger partial charge in [-0.3, -0.25) is 4.90 Å². The smallest absolute Gasteiger partial charge is 0.0385 e. The molecular formula is C14H28N2. The molecule has 3 unspecified atom stereocenters. The van der Waals surface area contributed by atoms with Gasteiger partial charge in [-0.1, -0.05) is 27.2 Å². The molecule has 3 atom stereocenters. The molecule has 2 rings (SSSR count). The SMILES string of the molecule is CC1CC(C)N(C2(CN)CCCC2(C)C)C1. The lowest BCUT2D eigenvalue weighted by molar-refractivity contribution is 0.00595. The van der Waals surface area contributed by atoms with Crippen LogP contribution in [0.15, 0.2) is 0 Å². The number of likely N-dealkylation sites (tertiary alicyclic amines) is 1. The minimum Gasteiger partial charge on any atom is -0.329 e. The highest BCUT2D eigenvalue weighted by atomic mass is 15.3. The lowest BCUT2D eigenvalue weighted by Gasteiger charge is -2.50. The van der Waals surface area contributed by atoms with Crippen LogP contribution in [0.3, 0.4) is 0 Å². The summed E-state index contributed by atoms with van der Waals surface area (Å²) in [5, 5.41) is 0. The molecule has 2 aliphatic rings. The standard InChI is InChI=1S/C14H28N2/c1-11-8-12(2)16(9-11)14(10-15)7-5-6-13(14,3)4/h11-12H,5-10,15H2,1-4H3. The summed E-state index contributed by atoms with van der Waals surface area (Å²) in [5.74, 6) is 0.842. The van der Waals surface area contributed by atoms with E-state index in [0.717, 1.165) is 18.5 Å². The summed E-state index contributed by atoms with van der Waals surface area (Å²) in [5.41, 5.74) is 6.85. The molecule has 0 spiro atoms. The van der Waals surface area contributed by atoms with Gasteiger partial charge in [0.15, 0.2) is 0 Å². The van der Waals surface area contributed by atoms with Gasteiger partial charge in [0, 0.05) is 24.7 Å². The minimum atomic E-state index is 0.275. The number of nitrogens with two attached hydrogens (primary N) is 1. The van der Waals surface area contributed by atoms with Crippen LogP contribution in [0.2, 0.25) is 0 Å². The molecule has 0 radical (unpaired) electrons. The van der Waals surface area contributed by atoms with Crippen LogP contribution in [0.1, 0.15) is 53.4 Å². The van der Waals surface area contributed by atoms with Crippen LogP contribution in [0.5, 0.6) is 0 Å². The summed E-state index contributed by atoms with van der Waals surface area (Å²) in [6.07, 6.45) is 5.33. The topological polar surface area (TPSA) is 29.3 Å². The van der Waals surface area contributed by atoms with E-state index in [1.54, 1.807) is 0 Å². The van der Waals surface area contributed by atoms with Crippen LogP contribution in [0, 0.1) is 11.3 Å². The Morgan fingerprint density at radius 1 is 1.25 bits per heavy atom. The largest absolute Gasteiger partial charge is 0.329 e. The molecule has 16 heavy (non-hydrogen) atoms. The van der Waals surface area contributed by atoms with Crippen molar-refractivity contribution in [3.05, 3.63) is 0 Å². The Labute approximate surface area is 101 Å². The zero-order valence-electron chi connectivity index (χ0n) is 11.4. The van der Waals surface area contributed by atoms with Gasteiger partial charge in [-0.25, -0.2) is 0 Å². The molecule has 2 heteroatoms. The molecule has 1 heterocycles. The van der Waals surface area contributed by atoms with E-state index in [9.17, 15) is 0 Å². The van der Waals surface area contributed by atoms with Crippen molar-refractivity contribution in [3.8, 4) is 0 Å². The molecule has 0 amide bonds. The first-order chi connectivity index (χ1) is 7.43. The van der Waals surface area contributed by atoms with Crippen molar-refractivity contribution in [1.82, 2.24) is 4.90 Å². The maximum Gasteiger partial charge on any atom is 0.0385 e. The van der Waals surface area contributed by atoms with Crippen molar-refractivity contribution in [2.24, 2.45) is 17.1 Å². The molecule has 1 saturated carbocycles. The molecule has 2 nitrogen and oxygen atoms in total. The third-order valence-electron chi connectivity index (χ3n) is 5.32. The van der Waals surface area contributed by atoms with Crippen molar-refractivity contribution in [3.63, 3.8) is 0 Å². The van der Waals surface area contributed by atoms with E-state index in [2.05, 4.69) is 32.6 Å². The fraction of sp³-hybridized carbons (Fsp3) is 1.00. The quantitative estimate of drug-likeness (QED) is 0.781. The Morgan fingerprint density at radius 3 is 2.31 bits per heavy atom. The Kier molecular flexibility index (Phi) is 3.09. The Hall–Kier alpha value is -0.0800. The van der Waals surface area contributed by atoms with Crippen molar-refractivity contribution in [2.45, 2.75) is 65.0 Å². The molecule has 0 bridgehead atoms. The average Bonchev–Trinajstić information content (AvgIpc) is 2.67. The van der Waals surface area contributed by atoms with Crippen LogP contribution in [-0.4, -0.2) is 29.6 Å². The van der Waals surface area contributed by atoms with E-state index in [0.29, 0.717) is 5.41 Å². The first-order valence-corrected chi connectivity index (χ1v) is 6.90. The van der Waals surface area contributed by atoms with Gasteiger partial charge in [0.25, 0.3) is 0 Å². The van der Waals surface area contributed by atoms with Crippen LogP contribution in [-0.2, 0) is 0 Å². The van der Waals surface area contributed by atoms with E-state index < -0.39 is 0 Å². The summed E-state index contributed by atoms with van der Waals surface area (Å²) in [6.45, 7) is 11.7. The van der Waals surface area contributed by atoms with Gasteiger partial charge in [0.2, 0.25) is 0 Å². The van der Waals surface area contributed by atoms with E-state index in [4.69, 9.17) is 5.73 Å². The molecular weight excluding hydrogens is 196 g/mol. The van der Waals surface area contributed by atoms with Crippen LogP contribution < -0.4 is 5.73 Å². The number of hydrogen-bond acceptors (Lipinski definition) is 2. The fourth-order valence-corrected chi connectivity index (χ4v) is 4.32. The number of hydrogen-bond donors (Lipinski definition) is 1. The fourth-order valence-electron chi connectivity index (χ4n) is 4.32. The first kappa shape index (κ1) is 12.4. The van der Waals surface area contributed by atoms with Crippen LogP contribution >= 0.6 is 0 Å². The second-order valence-electron chi connectivity index (χ2n) is 6.82. The highest BCUT2D eigenvalue weighted by Gasteiger charge is 2.54. The van der Waals surface area contributed by atoms with E-state index in [1.165, 1.54) is 32.2 Å². The van der Waals surface area contributed by atoms with E-state index >= 15 is 0 Å². The molecule has 0 aromatic heterocycles. The predicted octanol–water partition coefficient (Wildman–Crippen LogP) is 2.62. The predicted molar refractivity (Wildman–Crippen MR) is 69.4 cm³/mol. The highest BCUT2D eigenvalue weighted by molar-refractivity contribution is 5.09. The number of nitrogens with zero attached hydrogens (tertiary/aromatic N) is 1. The van der Waals surface area contributed by atoms with Crippen molar-refractivity contribution < 1.29 is 0 Å². The lowest BCUT2D eigenvalue weighted by atomic mass is 9.73. The highest BCUT2D eigenvalue weighted by Crippen LogP contribution is 2.51. The average molecular weight is 224 g/mol. The minimum absolute atomic E-state index is 0.275. The van der Waals surface area contributed by atoms with Crippen LogP contribution in [0.4, 0.5) is 0 Å². The Balaban J connectivity index is 2.28. The molecule has 1 aliphatic carbocycles. The van der Waals surface area contributed by atoms with Crippen molar-refractivity contribution in [1.29, 1.82) is 0 Å². The summed E-state index contributed by atoms with van der Waals surface area (Å²) in [6, 6.07) is 0.718. The molecule has 1 aliphatic heterocycles. The molecule has 1 saturated heterocycles. The van der Waals surface area contributed by atoms with Gasteiger partial charge in [-0.15, -0.1) is 0 Å². The summed E-state index contributed by atoms with van der Waals surface area (Å²) in [4.78, 5) is 2.74. The normalized spacial score (nSPS) is 44.1.